The highest BCUT2D eigenvalue weighted by Gasteiger charge is 2.28. The van der Waals surface area contributed by atoms with Crippen molar-refractivity contribution < 1.29 is 19.0 Å². The quantitative estimate of drug-likeness (QED) is 0.811. The number of allylic oxidation sites excluding steroid dienone is 1. The molecule has 0 amide bonds. The van der Waals surface area contributed by atoms with Gasteiger partial charge in [0.05, 0.1) is 12.7 Å². The van der Waals surface area contributed by atoms with Gasteiger partial charge in [-0.1, -0.05) is 18.2 Å². The van der Waals surface area contributed by atoms with Crippen molar-refractivity contribution in [3.63, 3.8) is 0 Å². The first-order valence-corrected chi connectivity index (χ1v) is 6.94. The number of para-hydroxylation sites is 1. The fourth-order valence-electron chi connectivity index (χ4n) is 2.30. The van der Waals surface area contributed by atoms with Crippen LogP contribution in [0.4, 0.5) is 0 Å². The molecule has 0 N–H and O–H groups in total. The zero-order valence-corrected chi connectivity index (χ0v) is 12.4. The van der Waals surface area contributed by atoms with Crippen LogP contribution >= 0.6 is 0 Å². The molecule has 0 radical (unpaired) electrons. The van der Waals surface area contributed by atoms with Gasteiger partial charge in [-0.25, -0.2) is 0 Å². The lowest BCUT2D eigenvalue weighted by atomic mass is 10.1. The number of rotatable bonds is 4. The van der Waals surface area contributed by atoms with Gasteiger partial charge in [0.1, 0.15) is 23.3 Å². The predicted molar refractivity (Wildman–Crippen MR) is 83.5 cm³/mol. The van der Waals surface area contributed by atoms with Gasteiger partial charge in [0.2, 0.25) is 5.78 Å². The van der Waals surface area contributed by atoms with Crippen molar-refractivity contribution in [2.75, 3.05) is 13.7 Å². The van der Waals surface area contributed by atoms with Gasteiger partial charge in [-0.2, -0.15) is 5.26 Å². The van der Waals surface area contributed by atoms with Crippen LogP contribution in [0.25, 0.3) is 6.08 Å². The van der Waals surface area contributed by atoms with Crippen LogP contribution in [0.2, 0.25) is 0 Å². The van der Waals surface area contributed by atoms with Gasteiger partial charge in [0.15, 0.2) is 12.4 Å². The van der Waals surface area contributed by atoms with Crippen LogP contribution in [-0.4, -0.2) is 19.5 Å². The SMILES string of the molecule is COc1ccccc1/C=C1\Oc2cc(OCC#N)ccc2C1=O. The normalized spacial score (nSPS) is 14.1. The summed E-state index contributed by atoms with van der Waals surface area (Å²) in [5, 5.41) is 8.54. The minimum atomic E-state index is -0.197. The molecule has 1 heterocycles. The van der Waals surface area contributed by atoms with E-state index in [1.54, 1.807) is 31.4 Å². The molecule has 2 aromatic rings. The molecule has 5 heteroatoms. The molecule has 0 unspecified atom stereocenters. The number of ether oxygens (including phenoxy) is 3. The molecule has 0 atom stereocenters. The van der Waals surface area contributed by atoms with E-state index in [0.29, 0.717) is 22.8 Å². The summed E-state index contributed by atoms with van der Waals surface area (Å²) in [6, 6.07) is 14.1. The molecule has 114 valence electrons. The molecule has 0 saturated heterocycles. The van der Waals surface area contributed by atoms with Crippen LogP contribution in [0.1, 0.15) is 15.9 Å². The average molecular weight is 307 g/mol. The summed E-state index contributed by atoms with van der Waals surface area (Å²) >= 11 is 0. The molecule has 23 heavy (non-hydrogen) atoms. The van der Waals surface area contributed by atoms with Crippen LogP contribution in [0, 0.1) is 11.3 Å². The topological polar surface area (TPSA) is 68.6 Å². The molecule has 0 fully saturated rings. The van der Waals surface area contributed by atoms with Gasteiger partial charge in [0.25, 0.3) is 0 Å². The molecule has 1 aliphatic rings. The Balaban J connectivity index is 1.91. The van der Waals surface area contributed by atoms with Crippen molar-refractivity contribution in [1.29, 1.82) is 5.26 Å². The van der Waals surface area contributed by atoms with E-state index < -0.39 is 0 Å². The molecule has 1 aliphatic heterocycles. The Bertz CT molecular complexity index is 833. The molecule has 0 spiro atoms. The van der Waals surface area contributed by atoms with Gasteiger partial charge < -0.3 is 14.2 Å². The van der Waals surface area contributed by atoms with E-state index in [4.69, 9.17) is 19.5 Å². The number of carbonyl (C=O) groups excluding carboxylic acids is 1. The second-order valence-corrected chi connectivity index (χ2v) is 4.79. The maximum atomic E-state index is 12.4. The Morgan fingerprint density at radius 1 is 1.26 bits per heavy atom. The Labute approximate surface area is 133 Å². The van der Waals surface area contributed by atoms with Crippen LogP contribution in [-0.2, 0) is 0 Å². The highest BCUT2D eigenvalue weighted by atomic mass is 16.5. The largest absolute Gasteiger partial charge is 0.496 e. The van der Waals surface area contributed by atoms with Crippen LogP contribution in [0.5, 0.6) is 17.2 Å². The number of nitrogens with zero attached hydrogens (tertiary/aromatic N) is 1. The van der Waals surface area contributed by atoms with Gasteiger partial charge in [-0.3, -0.25) is 4.79 Å². The van der Waals surface area contributed by atoms with Crippen molar-refractivity contribution in [2.24, 2.45) is 0 Å². The number of ketones is 1. The van der Waals surface area contributed by atoms with E-state index in [0.717, 1.165) is 5.56 Å². The van der Waals surface area contributed by atoms with E-state index in [1.807, 2.05) is 30.3 Å². The van der Waals surface area contributed by atoms with E-state index in [1.165, 1.54) is 0 Å². The summed E-state index contributed by atoms with van der Waals surface area (Å²) in [5.74, 6) is 1.59. The number of hydrogen-bond acceptors (Lipinski definition) is 5. The first-order valence-electron chi connectivity index (χ1n) is 6.94. The van der Waals surface area contributed by atoms with Crippen LogP contribution in [0.15, 0.2) is 48.2 Å². The first kappa shape index (κ1) is 14.7. The second kappa shape index (κ2) is 6.24. The number of nitriles is 1. The van der Waals surface area contributed by atoms with Crippen LogP contribution < -0.4 is 14.2 Å². The Morgan fingerprint density at radius 2 is 2.09 bits per heavy atom. The minimum absolute atomic E-state index is 0.0589. The van der Waals surface area contributed by atoms with Crippen molar-refractivity contribution >= 4 is 11.9 Å². The predicted octanol–water partition coefficient (Wildman–Crippen LogP) is 3.21. The zero-order valence-electron chi connectivity index (χ0n) is 12.4. The Morgan fingerprint density at radius 3 is 2.87 bits per heavy atom. The Kier molecular flexibility index (Phi) is 3.98. The molecule has 0 bridgehead atoms. The van der Waals surface area contributed by atoms with E-state index in [9.17, 15) is 4.79 Å². The fraction of sp³-hybridized carbons (Fsp3) is 0.111. The maximum Gasteiger partial charge on any atom is 0.231 e. The van der Waals surface area contributed by atoms with Crippen molar-refractivity contribution in [2.45, 2.75) is 0 Å². The maximum absolute atomic E-state index is 12.4. The molecule has 0 aliphatic carbocycles. The summed E-state index contributed by atoms with van der Waals surface area (Å²) in [6.07, 6.45) is 1.65. The third-order valence-corrected chi connectivity index (χ3v) is 3.37. The smallest absolute Gasteiger partial charge is 0.231 e. The van der Waals surface area contributed by atoms with Crippen LogP contribution in [0.3, 0.4) is 0 Å². The van der Waals surface area contributed by atoms with Gasteiger partial charge in [-0.05, 0) is 24.3 Å². The van der Waals surface area contributed by atoms with E-state index in [2.05, 4.69) is 0 Å². The second-order valence-electron chi connectivity index (χ2n) is 4.79. The van der Waals surface area contributed by atoms with Gasteiger partial charge >= 0.3 is 0 Å². The Hall–Kier alpha value is -3.26. The highest BCUT2D eigenvalue weighted by Crippen LogP contribution is 2.35. The third-order valence-electron chi connectivity index (χ3n) is 3.37. The molecule has 5 nitrogen and oxygen atoms in total. The summed E-state index contributed by atoms with van der Waals surface area (Å²) in [7, 11) is 1.57. The van der Waals surface area contributed by atoms with E-state index in [-0.39, 0.29) is 18.1 Å². The van der Waals surface area contributed by atoms with Gasteiger partial charge in [0, 0.05) is 11.6 Å². The van der Waals surface area contributed by atoms with E-state index >= 15 is 0 Å². The highest BCUT2D eigenvalue weighted by molar-refractivity contribution is 6.14. The molecule has 0 aromatic heterocycles. The molecular formula is C18H13NO4. The number of Topliss-reactive ketones (excluding diaryl/α,β-unsaturated/α-hetero) is 1. The zero-order chi connectivity index (χ0) is 16.2. The molecule has 2 aromatic carbocycles. The molecule has 3 rings (SSSR count). The number of carbonyl (C=O) groups is 1. The number of hydrogen-bond donors (Lipinski definition) is 0. The summed E-state index contributed by atoms with van der Waals surface area (Å²) < 4.78 is 16.1. The number of fused-ring (bicyclic) bond motifs is 1. The lowest BCUT2D eigenvalue weighted by Crippen LogP contribution is -1.98. The molecular weight excluding hydrogens is 294 g/mol. The van der Waals surface area contributed by atoms with Crippen molar-refractivity contribution in [3.05, 3.63) is 59.4 Å². The molecule has 0 saturated carbocycles. The standard InChI is InChI=1S/C18H13NO4/c1-21-15-5-3-2-4-12(15)10-17-18(20)14-7-6-13(22-9-8-19)11-16(14)23-17/h2-7,10-11H,9H2,1H3/b17-10-. The fourth-order valence-corrected chi connectivity index (χ4v) is 2.30. The summed E-state index contributed by atoms with van der Waals surface area (Å²) in [5.41, 5.74) is 1.22. The van der Waals surface area contributed by atoms with Crippen molar-refractivity contribution in [3.8, 4) is 23.3 Å². The minimum Gasteiger partial charge on any atom is -0.496 e. The van der Waals surface area contributed by atoms with Gasteiger partial charge in [-0.15, -0.1) is 0 Å². The lowest BCUT2D eigenvalue weighted by molar-refractivity contribution is 0.101. The lowest BCUT2D eigenvalue weighted by Gasteiger charge is -2.05. The summed E-state index contributed by atoms with van der Waals surface area (Å²) in [4.78, 5) is 12.4. The average Bonchev–Trinajstić information content (AvgIpc) is 2.89. The third kappa shape index (κ3) is 2.87. The van der Waals surface area contributed by atoms with Crippen molar-refractivity contribution in [1.82, 2.24) is 0 Å². The number of benzene rings is 2. The monoisotopic (exact) mass is 307 g/mol. The number of methoxy groups -OCH3 is 1. The first-order chi connectivity index (χ1) is 11.2. The summed E-state index contributed by atoms with van der Waals surface area (Å²) in [6.45, 7) is -0.0589.